The fourth-order valence-electron chi connectivity index (χ4n) is 2.22. The van der Waals surface area contributed by atoms with E-state index in [9.17, 15) is 0 Å². The standard InChI is InChI=1S/C14H26N2S/c1-6-7-14(5,10-15-11(2)3)8-13-9-17-12(4)16-13/h9,11,15H,6-8,10H2,1-5H3. The van der Waals surface area contributed by atoms with E-state index < -0.39 is 0 Å². The average molecular weight is 254 g/mol. The summed E-state index contributed by atoms with van der Waals surface area (Å²) in [7, 11) is 0. The van der Waals surface area contributed by atoms with E-state index in [4.69, 9.17) is 0 Å². The molecule has 0 bridgehead atoms. The Morgan fingerprint density at radius 2 is 2.18 bits per heavy atom. The summed E-state index contributed by atoms with van der Waals surface area (Å²) < 4.78 is 0. The van der Waals surface area contributed by atoms with Gasteiger partial charge in [-0.25, -0.2) is 4.98 Å². The largest absolute Gasteiger partial charge is 0.314 e. The van der Waals surface area contributed by atoms with Crippen LogP contribution < -0.4 is 5.32 Å². The van der Waals surface area contributed by atoms with Crippen LogP contribution in [0.3, 0.4) is 0 Å². The van der Waals surface area contributed by atoms with Crippen LogP contribution in [0.5, 0.6) is 0 Å². The van der Waals surface area contributed by atoms with Crippen LogP contribution in [0.25, 0.3) is 0 Å². The summed E-state index contributed by atoms with van der Waals surface area (Å²) in [4.78, 5) is 4.60. The number of hydrogen-bond acceptors (Lipinski definition) is 3. The van der Waals surface area contributed by atoms with Crippen molar-refractivity contribution in [3.05, 3.63) is 16.1 Å². The molecule has 1 unspecified atom stereocenters. The molecule has 0 aromatic carbocycles. The smallest absolute Gasteiger partial charge is 0.0897 e. The van der Waals surface area contributed by atoms with E-state index in [1.165, 1.54) is 23.5 Å². The second-order valence-electron chi connectivity index (χ2n) is 5.63. The van der Waals surface area contributed by atoms with Crippen LogP contribution in [-0.2, 0) is 6.42 Å². The molecule has 1 atom stereocenters. The van der Waals surface area contributed by atoms with Crippen molar-refractivity contribution in [2.75, 3.05) is 6.54 Å². The first-order valence-electron chi connectivity index (χ1n) is 6.59. The Morgan fingerprint density at radius 1 is 1.47 bits per heavy atom. The molecule has 98 valence electrons. The lowest BCUT2D eigenvalue weighted by Gasteiger charge is -2.30. The minimum Gasteiger partial charge on any atom is -0.314 e. The predicted octanol–water partition coefficient (Wildman–Crippen LogP) is 3.80. The molecule has 1 aromatic rings. The molecule has 0 aliphatic heterocycles. The fraction of sp³-hybridized carbons (Fsp3) is 0.786. The number of aryl methyl sites for hydroxylation is 1. The van der Waals surface area contributed by atoms with Gasteiger partial charge >= 0.3 is 0 Å². The van der Waals surface area contributed by atoms with Gasteiger partial charge in [-0.3, -0.25) is 0 Å². The topological polar surface area (TPSA) is 24.9 Å². The van der Waals surface area contributed by atoms with Crippen LogP contribution in [0.2, 0.25) is 0 Å². The van der Waals surface area contributed by atoms with Crippen LogP contribution in [-0.4, -0.2) is 17.6 Å². The van der Waals surface area contributed by atoms with Gasteiger partial charge in [0, 0.05) is 18.0 Å². The van der Waals surface area contributed by atoms with Gasteiger partial charge in [-0.1, -0.05) is 34.1 Å². The molecule has 1 heterocycles. The van der Waals surface area contributed by atoms with Crippen molar-refractivity contribution in [2.45, 2.75) is 59.9 Å². The molecule has 3 heteroatoms. The molecular formula is C14H26N2S. The van der Waals surface area contributed by atoms with Crippen molar-refractivity contribution < 1.29 is 0 Å². The molecule has 0 fully saturated rings. The van der Waals surface area contributed by atoms with E-state index in [0.29, 0.717) is 11.5 Å². The molecule has 0 spiro atoms. The zero-order valence-electron chi connectivity index (χ0n) is 11.8. The lowest BCUT2D eigenvalue weighted by Crippen LogP contribution is -2.37. The molecule has 0 radical (unpaired) electrons. The van der Waals surface area contributed by atoms with Gasteiger partial charge in [0.15, 0.2) is 0 Å². The molecule has 0 saturated heterocycles. The molecule has 2 nitrogen and oxygen atoms in total. The van der Waals surface area contributed by atoms with Crippen LogP contribution in [0.1, 0.15) is 51.2 Å². The minimum atomic E-state index is 0.333. The minimum absolute atomic E-state index is 0.333. The second kappa shape index (κ2) is 6.50. The van der Waals surface area contributed by atoms with Crippen LogP contribution >= 0.6 is 11.3 Å². The van der Waals surface area contributed by atoms with Gasteiger partial charge in [0.05, 0.1) is 10.7 Å². The normalized spacial score (nSPS) is 15.2. The SMILES string of the molecule is CCCC(C)(CNC(C)C)Cc1csc(C)n1. The molecule has 0 amide bonds. The van der Waals surface area contributed by atoms with E-state index in [1.807, 2.05) is 0 Å². The Labute approximate surface area is 110 Å². The molecule has 0 aliphatic carbocycles. The third-order valence-electron chi connectivity index (χ3n) is 3.07. The summed E-state index contributed by atoms with van der Waals surface area (Å²) in [6, 6.07) is 0.559. The third-order valence-corrected chi connectivity index (χ3v) is 3.89. The van der Waals surface area contributed by atoms with Crippen molar-refractivity contribution in [1.82, 2.24) is 10.3 Å². The van der Waals surface area contributed by atoms with Crippen molar-refractivity contribution in [1.29, 1.82) is 0 Å². The molecule has 17 heavy (non-hydrogen) atoms. The molecular weight excluding hydrogens is 228 g/mol. The van der Waals surface area contributed by atoms with Crippen molar-refractivity contribution in [2.24, 2.45) is 5.41 Å². The highest BCUT2D eigenvalue weighted by Crippen LogP contribution is 2.28. The van der Waals surface area contributed by atoms with E-state index in [0.717, 1.165) is 13.0 Å². The summed E-state index contributed by atoms with van der Waals surface area (Å²) in [5.74, 6) is 0. The first-order valence-corrected chi connectivity index (χ1v) is 7.47. The van der Waals surface area contributed by atoms with Gasteiger partial charge in [0.1, 0.15) is 0 Å². The van der Waals surface area contributed by atoms with Gasteiger partial charge in [0.25, 0.3) is 0 Å². The Bertz CT molecular complexity index is 333. The molecule has 1 rings (SSSR count). The number of nitrogens with zero attached hydrogens (tertiary/aromatic N) is 1. The Hall–Kier alpha value is -0.410. The maximum Gasteiger partial charge on any atom is 0.0897 e. The molecule has 1 N–H and O–H groups in total. The molecule has 0 aliphatic rings. The highest BCUT2D eigenvalue weighted by atomic mass is 32.1. The van der Waals surface area contributed by atoms with Gasteiger partial charge in [-0.15, -0.1) is 11.3 Å². The van der Waals surface area contributed by atoms with Gasteiger partial charge in [-0.2, -0.15) is 0 Å². The van der Waals surface area contributed by atoms with E-state index in [1.54, 1.807) is 11.3 Å². The van der Waals surface area contributed by atoms with E-state index in [-0.39, 0.29) is 0 Å². The Morgan fingerprint density at radius 3 is 2.65 bits per heavy atom. The van der Waals surface area contributed by atoms with Crippen molar-refractivity contribution >= 4 is 11.3 Å². The monoisotopic (exact) mass is 254 g/mol. The quantitative estimate of drug-likeness (QED) is 0.800. The highest BCUT2D eigenvalue weighted by Gasteiger charge is 2.24. The Kier molecular flexibility index (Phi) is 5.60. The third kappa shape index (κ3) is 5.17. The Balaban J connectivity index is 2.63. The predicted molar refractivity (Wildman–Crippen MR) is 76.7 cm³/mol. The zero-order valence-corrected chi connectivity index (χ0v) is 12.7. The zero-order chi connectivity index (χ0) is 12.9. The molecule has 1 aromatic heterocycles. The van der Waals surface area contributed by atoms with Crippen LogP contribution in [0.15, 0.2) is 5.38 Å². The van der Waals surface area contributed by atoms with Crippen LogP contribution in [0.4, 0.5) is 0 Å². The number of nitrogens with one attached hydrogen (secondary N) is 1. The number of rotatable bonds is 7. The first kappa shape index (κ1) is 14.7. The number of aromatic nitrogens is 1. The van der Waals surface area contributed by atoms with Crippen molar-refractivity contribution in [3.63, 3.8) is 0 Å². The summed E-state index contributed by atoms with van der Waals surface area (Å²) in [5.41, 5.74) is 1.59. The van der Waals surface area contributed by atoms with E-state index >= 15 is 0 Å². The maximum absolute atomic E-state index is 4.60. The van der Waals surface area contributed by atoms with Crippen LogP contribution in [0, 0.1) is 12.3 Å². The number of thiazole rings is 1. The second-order valence-corrected chi connectivity index (χ2v) is 6.69. The molecule has 0 saturated carbocycles. The fourth-order valence-corrected chi connectivity index (χ4v) is 2.83. The average Bonchev–Trinajstić information content (AvgIpc) is 2.61. The summed E-state index contributed by atoms with van der Waals surface area (Å²) in [5, 5.41) is 6.96. The van der Waals surface area contributed by atoms with Gasteiger partial charge in [-0.05, 0) is 25.2 Å². The number of hydrogen-bond donors (Lipinski definition) is 1. The highest BCUT2D eigenvalue weighted by molar-refractivity contribution is 7.09. The lowest BCUT2D eigenvalue weighted by molar-refractivity contribution is 0.265. The first-order chi connectivity index (χ1) is 7.95. The maximum atomic E-state index is 4.60. The lowest BCUT2D eigenvalue weighted by atomic mass is 9.81. The van der Waals surface area contributed by atoms with Crippen molar-refractivity contribution in [3.8, 4) is 0 Å². The van der Waals surface area contributed by atoms with Gasteiger partial charge in [0.2, 0.25) is 0 Å². The summed E-state index contributed by atoms with van der Waals surface area (Å²) >= 11 is 1.76. The summed E-state index contributed by atoms with van der Waals surface area (Å²) in [6.07, 6.45) is 3.58. The van der Waals surface area contributed by atoms with Gasteiger partial charge < -0.3 is 5.32 Å². The summed E-state index contributed by atoms with van der Waals surface area (Å²) in [6.45, 7) is 12.2. The van der Waals surface area contributed by atoms with E-state index in [2.05, 4.69) is 50.3 Å².